The van der Waals surface area contributed by atoms with Gasteiger partial charge in [0.2, 0.25) is 5.91 Å². The third-order valence-electron chi connectivity index (χ3n) is 2.69. The molecule has 0 unspecified atom stereocenters. The standard InChI is InChI=1S/C10H16N4O/c1-8-5-14(6-8)10(15)4-2-3-9-11-7-12-13-9/h7-8H,2-6H2,1H3,(H,11,12,13). The predicted octanol–water partition coefficient (Wildman–Crippen LogP) is 0.606. The van der Waals surface area contributed by atoms with Crippen molar-refractivity contribution in [2.45, 2.75) is 26.2 Å². The van der Waals surface area contributed by atoms with Gasteiger partial charge < -0.3 is 4.90 Å². The number of likely N-dealkylation sites (tertiary alicyclic amines) is 1. The van der Waals surface area contributed by atoms with Crippen LogP contribution in [-0.2, 0) is 11.2 Å². The molecule has 1 saturated heterocycles. The molecule has 0 aliphatic carbocycles. The smallest absolute Gasteiger partial charge is 0.222 e. The fourth-order valence-electron chi connectivity index (χ4n) is 1.82. The Labute approximate surface area is 88.9 Å². The molecule has 0 aromatic carbocycles. The highest BCUT2D eigenvalue weighted by Gasteiger charge is 2.26. The van der Waals surface area contributed by atoms with Crippen LogP contribution in [0.15, 0.2) is 6.33 Å². The molecule has 1 aromatic rings. The second-order valence-electron chi connectivity index (χ2n) is 4.19. The molecule has 5 nitrogen and oxygen atoms in total. The van der Waals surface area contributed by atoms with Gasteiger partial charge in [-0.2, -0.15) is 5.10 Å². The quantitative estimate of drug-likeness (QED) is 0.788. The van der Waals surface area contributed by atoms with Crippen LogP contribution in [0.1, 0.15) is 25.6 Å². The topological polar surface area (TPSA) is 61.9 Å². The molecule has 0 atom stereocenters. The fraction of sp³-hybridized carbons (Fsp3) is 0.700. The maximum atomic E-state index is 11.6. The maximum absolute atomic E-state index is 11.6. The van der Waals surface area contributed by atoms with Crippen molar-refractivity contribution in [3.63, 3.8) is 0 Å². The van der Waals surface area contributed by atoms with Gasteiger partial charge in [0, 0.05) is 25.9 Å². The van der Waals surface area contributed by atoms with Crippen molar-refractivity contribution in [2.24, 2.45) is 5.92 Å². The molecule has 1 fully saturated rings. The van der Waals surface area contributed by atoms with Crippen molar-refractivity contribution < 1.29 is 4.79 Å². The molecular weight excluding hydrogens is 192 g/mol. The van der Waals surface area contributed by atoms with Gasteiger partial charge in [0.25, 0.3) is 0 Å². The number of nitrogens with zero attached hydrogens (tertiary/aromatic N) is 3. The molecule has 2 rings (SSSR count). The Morgan fingerprint density at radius 1 is 1.67 bits per heavy atom. The predicted molar refractivity (Wildman–Crippen MR) is 55.1 cm³/mol. The summed E-state index contributed by atoms with van der Waals surface area (Å²) in [7, 11) is 0. The fourth-order valence-corrected chi connectivity index (χ4v) is 1.82. The van der Waals surface area contributed by atoms with Gasteiger partial charge >= 0.3 is 0 Å². The van der Waals surface area contributed by atoms with E-state index in [9.17, 15) is 4.79 Å². The van der Waals surface area contributed by atoms with E-state index < -0.39 is 0 Å². The normalized spacial score (nSPS) is 16.5. The molecule has 0 spiro atoms. The maximum Gasteiger partial charge on any atom is 0.222 e. The molecule has 1 aromatic heterocycles. The Kier molecular flexibility index (Phi) is 2.99. The number of aryl methyl sites for hydroxylation is 1. The molecule has 0 bridgehead atoms. The highest BCUT2D eigenvalue weighted by molar-refractivity contribution is 5.76. The summed E-state index contributed by atoms with van der Waals surface area (Å²) in [6.45, 7) is 4.03. The van der Waals surface area contributed by atoms with E-state index in [0.29, 0.717) is 12.3 Å². The monoisotopic (exact) mass is 208 g/mol. The Morgan fingerprint density at radius 3 is 3.07 bits per heavy atom. The number of nitrogens with one attached hydrogen (secondary N) is 1. The minimum absolute atomic E-state index is 0.271. The Bertz CT molecular complexity index is 316. The summed E-state index contributed by atoms with van der Waals surface area (Å²) in [5.74, 6) is 1.82. The molecule has 15 heavy (non-hydrogen) atoms. The number of amides is 1. The third kappa shape index (κ3) is 2.55. The first-order valence-corrected chi connectivity index (χ1v) is 5.37. The molecule has 1 N–H and O–H groups in total. The lowest BCUT2D eigenvalue weighted by Gasteiger charge is -2.37. The van der Waals surface area contributed by atoms with E-state index in [-0.39, 0.29) is 5.91 Å². The summed E-state index contributed by atoms with van der Waals surface area (Å²) in [5.41, 5.74) is 0. The molecule has 1 aliphatic rings. The van der Waals surface area contributed by atoms with Crippen LogP contribution in [0.5, 0.6) is 0 Å². The van der Waals surface area contributed by atoms with Gasteiger partial charge in [-0.3, -0.25) is 9.89 Å². The Hall–Kier alpha value is -1.39. The molecular formula is C10H16N4O. The van der Waals surface area contributed by atoms with Gasteiger partial charge in [-0.05, 0) is 12.3 Å². The Balaban J connectivity index is 1.64. The number of hydrogen-bond acceptors (Lipinski definition) is 3. The van der Waals surface area contributed by atoms with E-state index in [2.05, 4.69) is 22.1 Å². The van der Waals surface area contributed by atoms with Gasteiger partial charge in [-0.15, -0.1) is 0 Å². The average Bonchev–Trinajstić information content (AvgIpc) is 2.65. The van der Waals surface area contributed by atoms with E-state index in [1.165, 1.54) is 6.33 Å². The number of rotatable bonds is 4. The van der Waals surface area contributed by atoms with Crippen LogP contribution in [0.3, 0.4) is 0 Å². The van der Waals surface area contributed by atoms with Crippen molar-refractivity contribution in [3.8, 4) is 0 Å². The van der Waals surface area contributed by atoms with Crippen LogP contribution >= 0.6 is 0 Å². The minimum atomic E-state index is 0.271. The van der Waals surface area contributed by atoms with Gasteiger partial charge in [-0.1, -0.05) is 6.92 Å². The number of aromatic amines is 1. The largest absolute Gasteiger partial charge is 0.342 e. The summed E-state index contributed by atoms with van der Waals surface area (Å²) in [6.07, 6.45) is 3.76. The summed E-state index contributed by atoms with van der Waals surface area (Å²) in [6, 6.07) is 0. The van der Waals surface area contributed by atoms with Crippen molar-refractivity contribution in [1.82, 2.24) is 20.1 Å². The SMILES string of the molecule is CC1CN(C(=O)CCCc2ncn[nH]2)C1. The van der Waals surface area contributed by atoms with Crippen LogP contribution in [0.2, 0.25) is 0 Å². The molecule has 1 aliphatic heterocycles. The molecule has 0 radical (unpaired) electrons. The van der Waals surface area contributed by atoms with Gasteiger partial charge in [-0.25, -0.2) is 4.98 Å². The number of carbonyl (C=O) groups excluding carboxylic acids is 1. The van der Waals surface area contributed by atoms with Gasteiger partial charge in [0.05, 0.1) is 0 Å². The highest BCUT2D eigenvalue weighted by atomic mass is 16.2. The van der Waals surface area contributed by atoms with Crippen molar-refractivity contribution in [2.75, 3.05) is 13.1 Å². The lowest BCUT2D eigenvalue weighted by atomic mass is 10.0. The third-order valence-corrected chi connectivity index (χ3v) is 2.69. The number of aromatic nitrogens is 3. The number of carbonyl (C=O) groups is 1. The number of H-pyrrole nitrogens is 1. The van der Waals surface area contributed by atoms with E-state index in [4.69, 9.17) is 0 Å². The summed E-state index contributed by atoms with van der Waals surface area (Å²) >= 11 is 0. The average molecular weight is 208 g/mol. The van der Waals surface area contributed by atoms with E-state index in [0.717, 1.165) is 31.8 Å². The van der Waals surface area contributed by atoms with E-state index in [1.807, 2.05) is 4.90 Å². The summed E-state index contributed by atoms with van der Waals surface area (Å²) < 4.78 is 0. The summed E-state index contributed by atoms with van der Waals surface area (Å²) in [4.78, 5) is 17.5. The van der Waals surface area contributed by atoms with E-state index in [1.54, 1.807) is 0 Å². The first kappa shape index (κ1) is 10.1. The summed E-state index contributed by atoms with van der Waals surface area (Å²) in [5, 5.41) is 6.55. The molecule has 5 heteroatoms. The lowest BCUT2D eigenvalue weighted by molar-refractivity contribution is -0.137. The molecule has 0 saturated carbocycles. The first-order valence-electron chi connectivity index (χ1n) is 5.37. The van der Waals surface area contributed by atoms with Crippen LogP contribution < -0.4 is 0 Å². The lowest BCUT2D eigenvalue weighted by Crippen LogP contribution is -2.48. The second-order valence-corrected chi connectivity index (χ2v) is 4.19. The van der Waals surface area contributed by atoms with Crippen LogP contribution in [0.4, 0.5) is 0 Å². The zero-order valence-electron chi connectivity index (χ0n) is 8.94. The van der Waals surface area contributed by atoms with Crippen molar-refractivity contribution in [1.29, 1.82) is 0 Å². The minimum Gasteiger partial charge on any atom is -0.342 e. The molecule has 2 heterocycles. The van der Waals surface area contributed by atoms with Crippen molar-refractivity contribution in [3.05, 3.63) is 12.2 Å². The van der Waals surface area contributed by atoms with E-state index >= 15 is 0 Å². The van der Waals surface area contributed by atoms with Crippen LogP contribution in [0.25, 0.3) is 0 Å². The zero-order valence-corrected chi connectivity index (χ0v) is 8.94. The van der Waals surface area contributed by atoms with Crippen LogP contribution in [0, 0.1) is 5.92 Å². The van der Waals surface area contributed by atoms with Gasteiger partial charge in [0.15, 0.2) is 0 Å². The highest BCUT2D eigenvalue weighted by Crippen LogP contribution is 2.15. The number of hydrogen-bond donors (Lipinski definition) is 1. The molecule has 82 valence electrons. The Morgan fingerprint density at radius 2 is 2.47 bits per heavy atom. The van der Waals surface area contributed by atoms with Crippen molar-refractivity contribution >= 4 is 5.91 Å². The zero-order chi connectivity index (χ0) is 10.7. The van der Waals surface area contributed by atoms with Crippen LogP contribution in [-0.4, -0.2) is 39.1 Å². The van der Waals surface area contributed by atoms with Gasteiger partial charge in [0.1, 0.15) is 12.2 Å². The molecule has 1 amide bonds. The second kappa shape index (κ2) is 4.42. The first-order chi connectivity index (χ1) is 7.25.